The first kappa shape index (κ1) is 21.4. The molecule has 1 amide bonds. The Balaban J connectivity index is 1.44. The van der Waals surface area contributed by atoms with E-state index in [1.54, 1.807) is 43.3 Å². The Hall–Kier alpha value is -2.88. The highest BCUT2D eigenvalue weighted by Gasteiger charge is 2.26. The second kappa shape index (κ2) is 8.70. The Morgan fingerprint density at radius 1 is 1.13 bits per heavy atom. The summed E-state index contributed by atoms with van der Waals surface area (Å²) in [6.45, 7) is 3.39. The first-order valence-electron chi connectivity index (χ1n) is 9.86. The quantitative estimate of drug-likeness (QED) is 0.655. The van der Waals surface area contributed by atoms with Crippen molar-refractivity contribution < 1.29 is 22.3 Å². The van der Waals surface area contributed by atoms with Gasteiger partial charge < -0.3 is 10.1 Å². The van der Waals surface area contributed by atoms with Crippen molar-refractivity contribution in [2.24, 2.45) is 0 Å². The average Bonchev–Trinajstić information content (AvgIpc) is 2.78. The number of aryl methyl sites for hydroxylation is 1. The van der Waals surface area contributed by atoms with Crippen molar-refractivity contribution in [1.82, 2.24) is 14.6 Å². The number of sulfonamides is 1. The topological polar surface area (TPSA) is 88.6 Å². The average molecular weight is 444 g/mol. The summed E-state index contributed by atoms with van der Waals surface area (Å²) in [7, 11) is -3.55. The molecule has 31 heavy (non-hydrogen) atoms. The third-order valence-corrected chi connectivity index (χ3v) is 7.11. The maximum absolute atomic E-state index is 13.4. The van der Waals surface area contributed by atoms with E-state index in [-0.39, 0.29) is 23.2 Å². The van der Waals surface area contributed by atoms with Crippen LogP contribution in [0.3, 0.4) is 0 Å². The molecule has 0 atom stereocenters. The van der Waals surface area contributed by atoms with Gasteiger partial charge in [-0.25, -0.2) is 12.8 Å². The fraction of sp³-hybridized carbons (Fsp3) is 0.273. The van der Waals surface area contributed by atoms with E-state index in [0.717, 1.165) is 5.56 Å². The Bertz CT molecular complexity index is 1220. The normalized spacial score (nSPS) is 15.2. The molecule has 0 radical (unpaired) electrons. The fourth-order valence-corrected chi connectivity index (χ4v) is 4.87. The number of rotatable bonds is 5. The third-order valence-electron chi connectivity index (χ3n) is 5.20. The van der Waals surface area contributed by atoms with Crippen LogP contribution < -0.4 is 5.32 Å². The van der Waals surface area contributed by atoms with Crippen LogP contribution in [0.5, 0.6) is 0 Å². The molecule has 3 aromatic rings. The molecule has 1 fully saturated rings. The van der Waals surface area contributed by atoms with Crippen molar-refractivity contribution in [3.05, 3.63) is 71.2 Å². The number of nitrogens with one attached hydrogen (secondary N) is 1. The van der Waals surface area contributed by atoms with Crippen molar-refractivity contribution in [2.75, 3.05) is 26.3 Å². The first-order chi connectivity index (χ1) is 14.8. The number of nitrogens with zero attached hydrogens (tertiary/aromatic N) is 2. The van der Waals surface area contributed by atoms with Gasteiger partial charge in [0.05, 0.1) is 34.9 Å². The molecule has 1 N–H and O–H groups in total. The van der Waals surface area contributed by atoms with E-state index < -0.39 is 10.0 Å². The van der Waals surface area contributed by atoms with Crippen LogP contribution in [0, 0.1) is 12.7 Å². The smallest absolute Gasteiger partial charge is 0.253 e. The molecule has 0 spiro atoms. The van der Waals surface area contributed by atoms with Gasteiger partial charge in [-0.05, 0) is 42.8 Å². The number of fused-ring (bicyclic) bond motifs is 1. The zero-order valence-corrected chi connectivity index (χ0v) is 17.8. The van der Waals surface area contributed by atoms with Crippen molar-refractivity contribution in [3.63, 3.8) is 0 Å². The number of ether oxygens (including phenoxy) is 1. The van der Waals surface area contributed by atoms with E-state index in [0.29, 0.717) is 48.5 Å². The predicted octanol–water partition coefficient (Wildman–Crippen LogP) is 2.63. The zero-order chi connectivity index (χ0) is 22.0. The van der Waals surface area contributed by atoms with Crippen molar-refractivity contribution in [3.8, 4) is 0 Å². The number of pyridine rings is 1. The van der Waals surface area contributed by atoms with Crippen molar-refractivity contribution in [2.45, 2.75) is 18.4 Å². The minimum atomic E-state index is -3.55. The number of hydrogen-bond acceptors (Lipinski definition) is 5. The molecule has 1 saturated heterocycles. The highest BCUT2D eigenvalue weighted by Crippen LogP contribution is 2.19. The minimum Gasteiger partial charge on any atom is -0.379 e. The summed E-state index contributed by atoms with van der Waals surface area (Å²) >= 11 is 0. The van der Waals surface area contributed by atoms with Crippen LogP contribution in [0.4, 0.5) is 4.39 Å². The lowest BCUT2D eigenvalue weighted by molar-refractivity contribution is 0.0730. The van der Waals surface area contributed by atoms with Gasteiger partial charge in [0.25, 0.3) is 5.91 Å². The number of aromatic nitrogens is 1. The lowest BCUT2D eigenvalue weighted by Gasteiger charge is -2.26. The molecule has 4 rings (SSSR count). The second-order valence-electron chi connectivity index (χ2n) is 7.30. The monoisotopic (exact) mass is 443 g/mol. The predicted molar refractivity (Wildman–Crippen MR) is 114 cm³/mol. The molecule has 0 bridgehead atoms. The second-order valence-corrected chi connectivity index (χ2v) is 9.24. The van der Waals surface area contributed by atoms with Gasteiger partial charge in [-0.15, -0.1) is 0 Å². The Morgan fingerprint density at radius 3 is 2.55 bits per heavy atom. The van der Waals surface area contributed by atoms with E-state index >= 15 is 0 Å². The Morgan fingerprint density at radius 2 is 1.84 bits per heavy atom. The summed E-state index contributed by atoms with van der Waals surface area (Å²) in [5.41, 5.74) is 2.17. The molecule has 2 aromatic carbocycles. The minimum absolute atomic E-state index is 0.214. The van der Waals surface area contributed by atoms with Crippen LogP contribution in [0.2, 0.25) is 0 Å². The number of hydrogen-bond donors (Lipinski definition) is 1. The summed E-state index contributed by atoms with van der Waals surface area (Å²) in [5, 5.41) is 3.50. The van der Waals surface area contributed by atoms with E-state index in [2.05, 4.69) is 10.3 Å². The maximum atomic E-state index is 13.4. The molecule has 1 aromatic heterocycles. The SMILES string of the molecule is Cc1nc2cc(F)ccc2cc1C(=O)NCc1ccc(S(=O)(=O)N2CCOCC2)cc1. The first-order valence-corrected chi connectivity index (χ1v) is 11.3. The van der Waals surface area contributed by atoms with Crippen LogP contribution in [0.1, 0.15) is 21.6 Å². The number of carbonyl (C=O) groups excluding carboxylic acids is 1. The molecule has 9 heteroatoms. The summed E-state index contributed by atoms with van der Waals surface area (Å²) < 4.78 is 45.4. The summed E-state index contributed by atoms with van der Waals surface area (Å²) in [5.74, 6) is -0.683. The van der Waals surface area contributed by atoms with E-state index in [1.165, 1.54) is 16.4 Å². The van der Waals surface area contributed by atoms with Crippen LogP contribution in [0.25, 0.3) is 10.9 Å². The molecule has 2 heterocycles. The highest BCUT2D eigenvalue weighted by atomic mass is 32.2. The summed E-state index contributed by atoms with van der Waals surface area (Å²) in [6.07, 6.45) is 0. The van der Waals surface area contributed by atoms with Crippen molar-refractivity contribution >= 4 is 26.8 Å². The Labute approximate surface area is 179 Å². The van der Waals surface area contributed by atoms with Crippen LogP contribution in [-0.4, -0.2) is 49.9 Å². The van der Waals surface area contributed by atoms with Gasteiger partial charge in [-0.2, -0.15) is 4.31 Å². The standard InChI is InChI=1S/C22H22FN3O4S/c1-15-20(12-17-4-5-18(23)13-21(17)25-15)22(27)24-14-16-2-6-19(7-3-16)31(28,29)26-8-10-30-11-9-26/h2-7,12-13H,8-11,14H2,1H3,(H,24,27). The highest BCUT2D eigenvalue weighted by molar-refractivity contribution is 7.89. The van der Waals surface area contributed by atoms with Gasteiger partial charge in [-0.1, -0.05) is 12.1 Å². The maximum Gasteiger partial charge on any atom is 0.253 e. The molecule has 0 saturated carbocycles. The van der Waals surface area contributed by atoms with Crippen LogP contribution in [-0.2, 0) is 21.3 Å². The fourth-order valence-electron chi connectivity index (χ4n) is 3.46. The third kappa shape index (κ3) is 4.58. The number of amides is 1. The van der Waals surface area contributed by atoms with Crippen molar-refractivity contribution in [1.29, 1.82) is 0 Å². The van der Waals surface area contributed by atoms with Gasteiger partial charge >= 0.3 is 0 Å². The molecule has 1 aliphatic heterocycles. The van der Waals surface area contributed by atoms with Gasteiger partial charge in [0.2, 0.25) is 10.0 Å². The molecule has 1 aliphatic rings. The van der Waals surface area contributed by atoms with Crippen LogP contribution >= 0.6 is 0 Å². The van der Waals surface area contributed by atoms with Gasteiger partial charge in [0.1, 0.15) is 5.82 Å². The van der Waals surface area contributed by atoms with Gasteiger partial charge in [-0.3, -0.25) is 9.78 Å². The number of benzene rings is 2. The van der Waals surface area contributed by atoms with E-state index in [4.69, 9.17) is 4.74 Å². The molecular weight excluding hydrogens is 421 g/mol. The zero-order valence-electron chi connectivity index (χ0n) is 17.0. The number of morpholine rings is 1. The molecule has 0 unspecified atom stereocenters. The van der Waals surface area contributed by atoms with E-state index in [9.17, 15) is 17.6 Å². The largest absolute Gasteiger partial charge is 0.379 e. The summed E-state index contributed by atoms with van der Waals surface area (Å²) in [6, 6.07) is 12.4. The molecule has 7 nitrogen and oxygen atoms in total. The lowest BCUT2D eigenvalue weighted by atomic mass is 10.1. The number of carbonyl (C=O) groups is 1. The van der Waals surface area contributed by atoms with E-state index in [1.807, 2.05) is 0 Å². The van der Waals surface area contributed by atoms with Gasteiger partial charge in [0.15, 0.2) is 0 Å². The molecular formula is C22H22FN3O4S. The van der Waals surface area contributed by atoms with Gasteiger partial charge in [0, 0.05) is 31.1 Å². The van der Waals surface area contributed by atoms with Crippen LogP contribution in [0.15, 0.2) is 53.4 Å². The molecule has 0 aliphatic carbocycles. The lowest BCUT2D eigenvalue weighted by Crippen LogP contribution is -2.40. The number of halogens is 1. The molecule has 162 valence electrons. The Kier molecular flexibility index (Phi) is 5.99. The summed E-state index contributed by atoms with van der Waals surface area (Å²) in [4.78, 5) is 17.2.